The van der Waals surface area contributed by atoms with Gasteiger partial charge < -0.3 is 14.8 Å². The van der Waals surface area contributed by atoms with Gasteiger partial charge in [0.15, 0.2) is 0 Å². The van der Waals surface area contributed by atoms with Gasteiger partial charge in [-0.1, -0.05) is 13.8 Å². The third-order valence-electron chi connectivity index (χ3n) is 3.94. The van der Waals surface area contributed by atoms with Gasteiger partial charge in [-0.25, -0.2) is 19.3 Å². The number of aromatic amines is 1. The molecule has 0 bridgehead atoms. The second-order valence-electron chi connectivity index (χ2n) is 5.54. The maximum atomic E-state index is 12.0. The van der Waals surface area contributed by atoms with Crippen molar-refractivity contribution >= 4 is 0 Å². The quantitative estimate of drug-likeness (QED) is 0.729. The predicted molar refractivity (Wildman–Crippen MR) is 93.6 cm³/mol. The molecule has 0 fully saturated rings. The van der Waals surface area contributed by atoms with Crippen molar-refractivity contribution in [3.63, 3.8) is 0 Å². The van der Waals surface area contributed by atoms with E-state index in [-0.39, 0.29) is 11.9 Å². The largest absolute Gasteiger partial charge is 0.493 e. The van der Waals surface area contributed by atoms with Gasteiger partial charge in [0.2, 0.25) is 5.88 Å². The number of aromatic hydroxyl groups is 1. The van der Waals surface area contributed by atoms with Gasteiger partial charge in [0, 0.05) is 0 Å². The Morgan fingerprint density at radius 3 is 2.58 bits per heavy atom. The lowest BCUT2D eigenvalue weighted by atomic mass is 10.1. The first-order chi connectivity index (χ1) is 12.6. The lowest BCUT2D eigenvalue weighted by Crippen LogP contribution is -2.15. The molecular formula is C18H17N5O3. The summed E-state index contributed by atoms with van der Waals surface area (Å²) in [5.41, 5.74) is 1.73. The van der Waals surface area contributed by atoms with Crippen molar-refractivity contribution in [1.82, 2.24) is 19.5 Å². The fourth-order valence-electron chi connectivity index (χ4n) is 2.56. The van der Waals surface area contributed by atoms with E-state index in [0.717, 1.165) is 10.1 Å². The van der Waals surface area contributed by atoms with Crippen molar-refractivity contribution in [1.29, 1.82) is 5.26 Å². The zero-order chi connectivity index (χ0) is 18.7. The molecule has 0 saturated heterocycles. The number of benzene rings is 1. The Hall–Kier alpha value is -3.60. The van der Waals surface area contributed by atoms with E-state index < -0.39 is 5.69 Å². The molecular weight excluding hydrogens is 334 g/mol. The number of nitriles is 1. The van der Waals surface area contributed by atoms with Crippen LogP contribution in [0.2, 0.25) is 0 Å². The van der Waals surface area contributed by atoms with Gasteiger partial charge >= 0.3 is 11.7 Å². The summed E-state index contributed by atoms with van der Waals surface area (Å²) in [5.74, 6) is 0.407. The third-order valence-corrected chi connectivity index (χ3v) is 3.94. The van der Waals surface area contributed by atoms with Gasteiger partial charge in [-0.3, -0.25) is 0 Å². The molecule has 2 heterocycles. The van der Waals surface area contributed by atoms with E-state index in [1.54, 1.807) is 18.2 Å². The van der Waals surface area contributed by atoms with E-state index >= 15 is 0 Å². The second-order valence-corrected chi connectivity index (χ2v) is 5.54. The molecule has 132 valence electrons. The highest BCUT2D eigenvalue weighted by Crippen LogP contribution is 2.25. The second kappa shape index (κ2) is 7.11. The Bertz CT molecular complexity index is 1030. The van der Waals surface area contributed by atoms with Crippen molar-refractivity contribution in [3.8, 4) is 29.4 Å². The standard InChI is InChI=1S/C18H17N5O3/c1-3-12-7-11(8-19)5-6-15(12)26-17-20-9-13(10-21-17)23-16(24)14(4-2)22-18(23)25/h5-7,9-10,24H,3-4H2,1-2H3,(H,22,25). The molecule has 2 N–H and O–H groups in total. The van der Waals surface area contributed by atoms with Gasteiger partial charge in [0.05, 0.1) is 35.4 Å². The number of aromatic nitrogens is 4. The summed E-state index contributed by atoms with van der Waals surface area (Å²) in [6, 6.07) is 7.31. The Kier molecular flexibility index (Phi) is 4.71. The Balaban J connectivity index is 1.89. The number of nitrogens with zero attached hydrogens (tertiary/aromatic N) is 4. The summed E-state index contributed by atoms with van der Waals surface area (Å²) in [5, 5.41) is 19.1. The smallest absolute Gasteiger partial charge is 0.333 e. The zero-order valence-electron chi connectivity index (χ0n) is 14.4. The van der Waals surface area contributed by atoms with Crippen LogP contribution < -0.4 is 10.4 Å². The van der Waals surface area contributed by atoms with Gasteiger partial charge in [-0.05, 0) is 36.6 Å². The monoisotopic (exact) mass is 351 g/mol. The number of ether oxygens (including phenoxy) is 1. The summed E-state index contributed by atoms with van der Waals surface area (Å²) in [6.07, 6.45) is 3.97. The molecule has 0 unspecified atom stereocenters. The van der Waals surface area contributed by atoms with E-state index in [0.29, 0.717) is 35.5 Å². The van der Waals surface area contributed by atoms with Crippen molar-refractivity contribution < 1.29 is 9.84 Å². The van der Waals surface area contributed by atoms with Gasteiger partial charge in [-0.15, -0.1) is 0 Å². The lowest BCUT2D eigenvalue weighted by Gasteiger charge is -2.09. The fourth-order valence-corrected chi connectivity index (χ4v) is 2.56. The summed E-state index contributed by atoms with van der Waals surface area (Å²) >= 11 is 0. The molecule has 8 nitrogen and oxygen atoms in total. The van der Waals surface area contributed by atoms with Crippen LogP contribution in [-0.4, -0.2) is 24.6 Å². The number of hydrogen-bond acceptors (Lipinski definition) is 6. The van der Waals surface area contributed by atoms with Crippen molar-refractivity contribution in [2.75, 3.05) is 0 Å². The summed E-state index contributed by atoms with van der Waals surface area (Å²) in [6.45, 7) is 3.78. The fraction of sp³-hybridized carbons (Fsp3) is 0.222. The normalized spacial score (nSPS) is 10.5. The SMILES string of the molecule is CCc1cc(C#N)ccc1Oc1ncc(-n2c(O)c(CC)[nH]c2=O)cn1. The van der Waals surface area contributed by atoms with Gasteiger partial charge in [-0.2, -0.15) is 5.26 Å². The van der Waals surface area contributed by atoms with Crippen LogP contribution >= 0.6 is 0 Å². The van der Waals surface area contributed by atoms with Crippen LogP contribution in [0, 0.1) is 11.3 Å². The van der Waals surface area contributed by atoms with Crippen LogP contribution in [-0.2, 0) is 12.8 Å². The predicted octanol–water partition coefficient (Wildman–Crippen LogP) is 2.45. The highest BCUT2D eigenvalue weighted by molar-refractivity contribution is 5.43. The average molecular weight is 351 g/mol. The number of hydrogen-bond donors (Lipinski definition) is 2. The summed E-state index contributed by atoms with van der Waals surface area (Å²) in [7, 11) is 0. The molecule has 0 aliphatic rings. The number of imidazole rings is 1. The molecule has 0 amide bonds. The zero-order valence-corrected chi connectivity index (χ0v) is 14.4. The van der Waals surface area contributed by atoms with Crippen LogP contribution in [0.15, 0.2) is 35.4 Å². The molecule has 0 atom stereocenters. The highest BCUT2D eigenvalue weighted by atomic mass is 16.5. The minimum absolute atomic E-state index is 0.104. The molecule has 0 saturated carbocycles. The topological polar surface area (TPSA) is 117 Å². The van der Waals surface area contributed by atoms with E-state index in [4.69, 9.17) is 10.00 Å². The van der Waals surface area contributed by atoms with Crippen LogP contribution in [0.3, 0.4) is 0 Å². The molecule has 0 spiro atoms. The van der Waals surface area contributed by atoms with Crippen molar-refractivity contribution in [2.24, 2.45) is 0 Å². The van der Waals surface area contributed by atoms with Crippen molar-refractivity contribution in [2.45, 2.75) is 26.7 Å². The Morgan fingerprint density at radius 1 is 1.27 bits per heavy atom. The Morgan fingerprint density at radius 2 is 2.00 bits per heavy atom. The molecule has 0 aliphatic carbocycles. The number of aryl methyl sites for hydroxylation is 2. The first-order valence-electron chi connectivity index (χ1n) is 8.13. The van der Waals surface area contributed by atoms with E-state index in [1.165, 1.54) is 12.4 Å². The number of rotatable bonds is 5. The highest BCUT2D eigenvalue weighted by Gasteiger charge is 2.14. The third kappa shape index (κ3) is 3.15. The van der Waals surface area contributed by atoms with Crippen LogP contribution in [0.4, 0.5) is 0 Å². The molecule has 0 radical (unpaired) electrons. The minimum Gasteiger partial charge on any atom is -0.493 e. The molecule has 26 heavy (non-hydrogen) atoms. The van der Waals surface area contributed by atoms with Gasteiger partial charge in [0.1, 0.15) is 5.75 Å². The average Bonchev–Trinajstić information content (AvgIpc) is 2.96. The van der Waals surface area contributed by atoms with Crippen molar-refractivity contribution in [3.05, 3.63) is 57.9 Å². The molecule has 8 heteroatoms. The van der Waals surface area contributed by atoms with Crippen LogP contribution in [0.1, 0.15) is 30.7 Å². The summed E-state index contributed by atoms with van der Waals surface area (Å²) in [4.78, 5) is 22.8. The maximum Gasteiger partial charge on any atom is 0.333 e. The van der Waals surface area contributed by atoms with E-state index in [2.05, 4.69) is 21.0 Å². The Labute approximate surface area is 149 Å². The van der Waals surface area contributed by atoms with E-state index in [1.807, 2.05) is 13.8 Å². The van der Waals surface area contributed by atoms with Crippen LogP contribution in [0.5, 0.6) is 17.6 Å². The minimum atomic E-state index is -0.461. The summed E-state index contributed by atoms with van der Waals surface area (Å²) < 4.78 is 6.79. The molecule has 3 rings (SSSR count). The number of H-pyrrole nitrogens is 1. The van der Waals surface area contributed by atoms with E-state index in [9.17, 15) is 9.90 Å². The molecule has 1 aromatic carbocycles. The molecule has 0 aliphatic heterocycles. The van der Waals surface area contributed by atoms with Gasteiger partial charge in [0.25, 0.3) is 0 Å². The van der Waals surface area contributed by atoms with Crippen LogP contribution in [0.25, 0.3) is 5.69 Å². The maximum absolute atomic E-state index is 12.0. The first-order valence-corrected chi connectivity index (χ1v) is 8.13. The lowest BCUT2D eigenvalue weighted by molar-refractivity contribution is 0.429. The molecule has 2 aromatic heterocycles. The number of nitrogens with one attached hydrogen (secondary N) is 1. The molecule has 3 aromatic rings. The first kappa shape index (κ1) is 17.2.